The normalized spacial score (nSPS) is 53.9. The van der Waals surface area contributed by atoms with E-state index in [9.17, 15) is 20.1 Å². The summed E-state index contributed by atoms with van der Waals surface area (Å²) in [5, 5.41) is 32.4. The molecular weight excluding hydrogens is 424 g/mol. The topological polar surface area (TPSA) is 77.8 Å². The SMILES string of the molecule is CC(C)[C@@H]1CC[C@]2(C(=O)O)CC[C@]3(C)C(=CC[C@@H]4[C@@]5(C)C[C@@H](O)[C@H](O)C(C)(C)[C@@H]5CC[C@]43C)[C@@H]12. The van der Waals surface area contributed by atoms with Gasteiger partial charge in [-0.2, -0.15) is 0 Å². The second-order valence-corrected chi connectivity index (χ2v) is 14.7. The first kappa shape index (κ1) is 24.8. The first-order valence-corrected chi connectivity index (χ1v) is 14.0. The van der Waals surface area contributed by atoms with Crippen LogP contribution in [0.5, 0.6) is 0 Å². The van der Waals surface area contributed by atoms with Crippen molar-refractivity contribution in [2.45, 2.75) is 112 Å². The molecule has 4 fully saturated rings. The lowest BCUT2D eigenvalue weighted by Gasteiger charge is -2.71. The highest BCUT2D eigenvalue weighted by atomic mass is 16.4. The number of carbonyl (C=O) groups is 1. The molecule has 0 saturated heterocycles. The molecule has 0 bridgehead atoms. The van der Waals surface area contributed by atoms with Gasteiger partial charge in [0.25, 0.3) is 0 Å². The highest BCUT2D eigenvalue weighted by molar-refractivity contribution is 5.77. The zero-order valence-corrected chi connectivity index (χ0v) is 22.5. The van der Waals surface area contributed by atoms with E-state index < -0.39 is 23.6 Å². The molecule has 0 aromatic heterocycles. The molecule has 192 valence electrons. The molecule has 5 rings (SSSR count). The van der Waals surface area contributed by atoms with Crippen LogP contribution in [-0.2, 0) is 4.79 Å². The van der Waals surface area contributed by atoms with E-state index in [-0.39, 0.29) is 27.6 Å². The van der Waals surface area contributed by atoms with E-state index >= 15 is 0 Å². The molecule has 0 aromatic carbocycles. The first-order valence-electron chi connectivity index (χ1n) is 14.0. The third kappa shape index (κ3) is 2.76. The van der Waals surface area contributed by atoms with Crippen molar-refractivity contribution in [1.82, 2.24) is 0 Å². The molecule has 0 amide bonds. The van der Waals surface area contributed by atoms with E-state index in [1.54, 1.807) is 0 Å². The number of allylic oxidation sites excluding steroid dienone is 2. The smallest absolute Gasteiger partial charge is 0.310 e. The first-order chi connectivity index (χ1) is 15.7. The Morgan fingerprint density at radius 3 is 2.26 bits per heavy atom. The van der Waals surface area contributed by atoms with Crippen molar-refractivity contribution in [2.75, 3.05) is 0 Å². The standard InChI is InChI=1S/C30H48O4/c1-17(2)18-10-13-30(25(33)34)15-14-28(6)19(23(18)30)8-9-22-27(5)16-20(31)24(32)26(3,4)21(27)11-12-29(22,28)7/h8,17-18,20-24,31-32H,9-16H2,1-7H3,(H,33,34)/t18-,20+,21-,22+,23+,24-,27-,28+,29+,30-/m0/s1. The molecule has 3 N–H and O–H groups in total. The molecule has 34 heavy (non-hydrogen) atoms. The Morgan fingerprint density at radius 2 is 1.65 bits per heavy atom. The fraction of sp³-hybridized carbons (Fsp3) is 0.900. The van der Waals surface area contributed by atoms with Gasteiger partial charge in [0.1, 0.15) is 0 Å². The fourth-order valence-electron chi connectivity index (χ4n) is 11.1. The maximum absolute atomic E-state index is 12.8. The van der Waals surface area contributed by atoms with Crippen LogP contribution in [0.4, 0.5) is 0 Å². The van der Waals surface area contributed by atoms with Crippen LogP contribution in [0.15, 0.2) is 11.6 Å². The van der Waals surface area contributed by atoms with Crippen LogP contribution in [0.25, 0.3) is 0 Å². The predicted molar refractivity (Wildman–Crippen MR) is 134 cm³/mol. The van der Waals surface area contributed by atoms with Gasteiger partial charge in [-0.05, 0) is 103 Å². The lowest BCUT2D eigenvalue weighted by molar-refractivity contribution is -0.230. The van der Waals surface area contributed by atoms with Crippen LogP contribution in [0.2, 0.25) is 0 Å². The van der Waals surface area contributed by atoms with Crippen LogP contribution in [0.1, 0.15) is 99.8 Å². The molecule has 5 aliphatic rings. The Hall–Kier alpha value is -0.870. The molecule has 0 aromatic rings. The van der Waals surface area contributed by atoms with E-state index in [0.29, 0.717) is 30.1 Å². The molecule has 0 spiro atoms. The molecule has 10 atom stereocenters. The lowest BCUT2D eigenvalue weighted by Crippen LogP contribution is -2.66. The molecule has 4 saturated carbocycles. The number of hydrogen-bond acceptors (Lipinski definition) is 3. The number of aliphatic hydroxyl groups excluding tert-OH is 2. The van der Waals surface area contributed by atoms with Crippen molar-refractivity contribution in [1.29, 1.82) is 0 Å². The fourth-order valence-corrected chi connectivity index (χ4v) is 11.1. The number of aliphatic hydroxyl groups is 2. The minimum absolute atomic E-state index is 0.00382. The van der Waals surface area contributed by atoms with E-state index in [4.69, 9.17) is 0 Å². The lowest BCUT2D eigenvalue weighted by atomic mass is 9.34. The van der Waals surface area contributed by atoms with E-state index in [2.05, 4.69) is 54.5 Å². The van der Waals surface area contributed by atoms with Gasteiger partial charge in [-0.15, -0.1) is 0 Å². The van der Waals surface area contributed by atoms with E-state index in [1.165, 1.54) is 5.57 Å². The summed E-state index contributed by atoms with van der Waals surface area (Å²) in [6.07, 6.45) is 8.58. The molecule has 0 aliphatic heterocycles. The van der Waals surface area contributed by atoms with Gasteiger partial charge in [0.15, 0.2) is 0 Å². The highest BCUT2D eigenvalue weighted by Crippen LogP contribution is 2.76. The van der Waals surface area contributed by atoms with Crippen molar-refractivity contribution in [3.8, 4) is 0 Å². The predicted octanol–water partition coefficient (Wildman–Crippen LogP) is 6.06. The Kier molecular flexibility index (Phi) is 5.36. The number of fused-ring (bicyclic) bond motifs is 7. The number of carboxylic acids is 1. The minimum Gasteiger partial charge on any atom is -0.481 e. The average molecular weight is 473 g/mol. The van der Waals surface area contributed by atoms with E-state index in [1.807, 2.05) is 0 Å². The second-order valence-electron chi connectivity index (χ2n) is 14.7. The summed E-state index contributed by atoms with van der Waals surface area (Å²) in [4.78, 5) is 12.8. The van der Waals surface area contributed by atoms with Crippen molar-refractivity contribution >= 4 is 5.97 Å². The number of hydrogen-bond donors (Lipinski definition) is 3. The average Bonchev–Trinajstić information content (AvgIpc) is 3.14. The van der Waals surface area contributed by atoms with Gasteiger partial charge in [-0.3, -0.25) is 4.79 Å². The van der Waals surface area contributed by atoms with Gasteiger partial charge in [0.05, 0.1) is 17.6 Å². The van der Waals surface area contributed by atoms with Gasteiger partial charge < -0.3 is 15.3 Å². The summed E-state index contributed by atoms with van der Waals surface area (Å²) >= 11 is 0. The van der Waals surface area contributed by atoms with Crippen LogP contribution in [0, 0.1) is 56.7 Å². The van der Waals surface area contributed by atoms with Crippen LogP contribution in [0.3, 0.4) is 0 Å². The summed E-state index contributed by atoms with van der Waals surface area (Å²) in [5.41, 5.74) is 0.615. The monoisotopic (exact) mass is 472 g/mol. The van der Waals surface area contributed by atoms with Crippen molar-refractivity contribution in [3.63, 3.8) is 0 Å². The Balaban J connectivity index is 1.62. The second kappa shape index (κ2) is 7.34. The molecular formula is C30H48O4. The van der Waals surface area contributed by atoms with Crippen molar-refractivity contribution in [2.24, 2.45) is 56.7 Å². The third-order valence-corrected chi connectivity index (χ3v) is 13.1. The zero-order chi connectivity index (χ0) is 25.1. The van der Waals surface area contributed by atoms with E-state index in [0.717, 1.165) is 44.9 Å². The van der Waals surface area contributed by atoms with Gasteiger partial charge >= 0.3 is 5.97 Å². The summed E-state index contributed by atoms with van der Waals surface area (Å²) in [5.74, 6) is 1.33. The summed E-state index contributed by atoms with van der Waals surface area (Å²) in [6, 6.07) is 0. The Labute approximate surface area is 206 Å². The van der Waals surface area contributed by atoms with Crippen LogP contribution < -0.4 is 0 Å². The number of carboxylic acid groups (broad SMARTS) is 1. The van der Waals surface area contributed by atoms with Crippen LogP contribution in [-0.4, -0.2) is 33.5 Å². The maximum Gasteiger partial charge on any atom is 0.310 e. The van der Waals surface area contributed by atoms with Gasteiger partial charge in [-0.25, -0.2) is 0 Å². The van der Waals surface area contributed by atoms with Gasteiger partial charge in [0.2, 0.25) is 0 Å². The molecule has 4 nitrogen and oxygen atoms in total. The quantitative estimate of drug-likeness (QED) is 0.427. The molecule has 0 radical (unpaired) electrons. The molecule has 5 aliphatic carbocycles. The van der Waals surface area contributed by atoms with Gasteiger partial charge in [-0.1, -0.05) is 60.1 Å². The number of rotatable bonds is 2. The number of aliphatic carboxylic acids is 1. The molecule has 0 unspecified atom stereocenters. The van der Waals surface area contributed by atoms with Crippen molar-refractivity contribution < 1.29 is 20.1 Å². The molecule has 0 heterocycles. The van der Waals surface area contributed by atoms with Crippen molar-refractivity contribution in [3.05, 3.63) is 11.6 Å². The molecule has 4 heteroatoms. The summed E-state index contributed by atoms with van der Waals surface area (Å²) < 4.78 is 0. The minimum atomic E-state index is -0.678. The Bertz CT molecular complexity index is 905. The maximum atomic E-state index is 12.8. The van der Waals surface area contributed by atoms with Gasteiger partial charge in [0, 0.05) is 0 Å². The summed E-state index contributed by atoms with van der Waals surface area (Å²) in [7, 11) is 0. The zero-order valence-electron chi connectivity index (χ0n) is 22.5. The third-order valence-electron chi connectivity index (χ3n) is 13.1. The summed E-state index contributed by atoms with van der Waals surface area (Å²) in [6.45, 7) is 16.3. The Morgan fingerprint density at radius 1 is 0.971 bits per heavy atom. The highest BCUT2D eigenvalue weighted by Gasteiger charge is 2.70. The van der Waals surface area contributed by atoms with Crippen LogP contribution >= 0.6 is 0 Å². The largest absolute Gasteiger partial charge is 0.481 e.